The number of nitrogens with zero attached hydrogens (tertiary/aromatic N) is 4. The predicted octanol–water partition coefficient (Wildman–Crippen LogP) is 1.97. The highest BCUT2D eigenvalue weighted by molar-refractivity contribution is 6.03. The number of fused-ring (bicyclic) bond motifs is 1. The molecule has 0 bridgehead atoms. The van der Waals surface area contributed by atoms with Gasteiger partial charge in [-0.3, -0.25) is 39.9 Å². The maximum atomic E-state index is 12.7. The monoisotopic (exact) mass is 392 g/mol. The third-order valence-electron chi connectivity index (χ3n) is 5.39. The first-order valence-corrected chi connectivity index (χ1v) is 8.55. The summed E-state index contributed by atoms with van der Waals surface area (Å²) < 4.78 is 0. The molecule has 1 saturated carbocycles. The number of non-ortho nitro benzene ring substituents is 1. The Kier molecular flexibility index (Phi) is 4.79. The van der Waals surface area contributed by atoms with Crippen LogP contribution < -0.4 is 4.90 Å². The van der Waals surface area contributed by atoms with Crippen LogP contribution >= 0.6 is 0 Å². The van der Waals surface area contributed by atoms with E-state index in [1.807, 2.05) is 0 Å². The molecule has 1 fully saturated rings. The number of nitro benzene ring substituents is 2. The van der Waals surface area contributed by atoms with Gasteiger partial charge in [0.15, 0.2) is 0 Å². The molecule has 3 unspecified atom stereocenters. The van der Waals surface area contributed by atoms with Gasteiger partial charge in [0.25, 0.3) is 17.4 Å². The van der Waals surface area contributed by atoms with Crippen molar-refractivity contribution in [3.63, 3.8) is 0 Å². The number of hydrogen-bond donors (Lipinski definition) is 0. The van der Waals surface area contributed by atoms with Crippen LogP contribution in [0, 0.1) is 36.3 Å². The van der Waals surface area contributed by atoms with Gasteiger partial charge in [0.05, 0.1) is 21.8 Å². The number of nitro groups is 3. The van der Waals surface area contributed by atoms with Crippen LogP contribution in [0.1, 0.15) is 37.2 Å². The van der Waals surface area contributed by atoms with Gasteiger partial charge < -0.3 is 4.90 Å². The molecule has 3 rings (SSSR count). The molecule has 0 saturated heterocycles. The number of likely N-dealkylation sites (N-methyl/N-ethyl adjacent to an activating group) is 1. The van der Waals surface area contributed by atoms with E-state index in [9.17, 15) is 39.9 Å². The van der Waals surface area contributed by atoms with Crippen molar-refractivity contribution in [1.82, 2.24) is 0 Å². The van der Waals surface area contributed by atoms with Gasteiger partial charge in [0.2, 0.25) is 0 Å². The lowest BCUT2D eigenvalue weighted by molar-refractivity contribution is -0.513. The predicted molar refractivity (Wildman–Crippen MR) is 93.6 cm³/mol. The van der Waals surface area contributed by atoms with Crippen LogP contribution in [-0.4, -0.2) is 39.5 Å². The molecular formula is C16H16N4O8. The summed E-state index contributed by atoms with van der Waals surface area (Å²) in [6.07, 6.45) is 1.68. The third-order valence-corrected chi connectivity index (χ3v) is 5.39. The number of amides is 1. The van der Waals surface area contributed by atoms with Gasteiger partial charge in [-0.15, -0.1) is 0 Å². The van der Waals surface area contributed by atoms with Crippen molar-refractivity contribution in [1.29, 1.82) is 0 Å². The Labute approximate surface area is 157 Å². The topological polar surface area (TPSA) is 167 Å². The molecule has 0 N–H and O–H groups in total. The molecule has 1 aromatic rings. The van der Waals surface area contributed by atoms with E-state index >= 15 is 0 Å². The maximum absolute atomic E-state index is 12.7. The average molecular weight is 392 g/mol. The van der Waals surface area contributed by atoms with Crippen molar-refractivity contribution in [3.05, 3.63) is 48.0 Å². The highest BCUT2D eigenvalue weighted by Gasteiger charge is 2.54. The lowest BCUT2D eigenvalue weighted by atomic mass is 9.70. The van der Waals surface area contributed by atoms with Crippen molar-refractivity contribution in [2.24, 2.45) is 5.92 Å². The van der Waals surface area contributed by atoms with Crippen LogP contribution in [0.5, 0.6) is 0 Å². The Balaban J connectivity index is 2.33. The molecule has 1 aliphatic heterocycles. The van der Waals surface area contributed by atoms with E-state index in [4.69, 9.17) is 0 Å². The zero-order valence-electron chi connectivity index (χ0n) is 14.8. The largest absolute Gasteiger partial charge is 0.303 e. The fourth-order valence-electron chi connectivity index (χ4n) is 4.17. The van der Waals surface area contributed by atoms with E-state index in [2.05, 4.69) is 0 Å². The first-order chi connectivity index (χ1) is 13.1. The third kappa shape index (κ3) is 2.96. The molecule has 3 atom stereocenters. The fourth-order valence-corrected chi connectivity index (χ4v) is 4.17. The number of hydrogen-bond acceptors (Lipinski definition) is 8. The molecule has 12 heteroatoms. The van der Waals surface area contributed by atoms with E-state index in [0.29, 0.717) is 12.8 Å². The molecule has 2 aliphatic rings. The number of ketones is 1. The van der Waals surface area contributed by atoms with E-state index in [1.165, 1.54) is 0 Å². The number of carbonyl (C=O) groups is 2. The van der Waals surface area contributed by atoms with Gasteiger partial charge in [-0.1, -0.05) is 6.42 Å². The normalized spacial score (nSPS) is 24.6. The number of rotatable bonds is 4. The van der Waals surface area contributed by atoms with Crippen LogP contribution in [0.15, 0.2) is 12.1 Å². The van der Waals surface area contributed by atoms with Crippen LogP contribution in [0.25, 0.3) is 0 Å². The van der Waals surface area contributed by atoms with Crippen LogP contribution in [-0.2, 0) is 9.59 Å². The molecule has 1 amide bonds. The maximum Gasteiger partial charge on any atom is 0.302 e. The Bertz CT molecular complexity index is 914. The van der Waals surface area contributed by atoms with E-state index < -0.39 is 49.9 Å². The summed E-state index contributed by atoms with van der Waals surface area (Å²) in [6, 6.07) is -0.116. The Morgan fingerprint density at radius 3 is 2.25 bits per heavy atom. The zero-order valence-corrected chi connectivity index (χ0v) is 14.8. The molecule has 0 radical (unpaired) electrons. The lowest BCUT2D eigenvalue weighted by Crippen LogP contribution is -2.52. The summed E-state index contributed by atoms with van der Waals surface area (Å²) in [5, 5.41) is 34.5. The van der Waals surface area contributed by atoms with E-state index in [0.717, 1.165) is 24.1 Å². The summed E-state index contributed by atoms with van der Waals surface area (Å²) in [5.74, 6) is -3.46. The van der Waals surface area contributed by atoms with Gasteiger partial charge in [0.1, 0.15) is 11.5 Å². The average Bonchev–Trinajstić information content (AvgIpc) is 2.63. The molecule has 28 heavy (non-hydrogen) atoms. The van der Waals surface area contributed by atoms with Crippen LogP contribution in [0.3, 0.4) is 0 Å². The minimum absolute atomic E-state index is 0.0787. The number of Topliss-reactive ketones (excluding diaryl/α,β-unsaturated/α-hetero) is 1. The lowest BCUT2D eigenvalue weighted by Gasteiger charge is -2.37. The van der Waals surface area contributed by atoms with E-state index in [1.54, 1.807) is 0 Å². The molecule has 0 aromatic heterocycles. The fraction of sp³-hybridized carbons (Fsp3) is 0.500. The molecular weight excluding hydrogens is 376 g/mol. The Morgan fingerprint density at radius 1 is 1.04 bits per heavy atom. The van der Waals surface area contributed by atoms with Crippen molar-refractivity contribution in [2.45, 2.75) is 37.6 Å². The molecule has 1 heterocycles. The van der Waals surface area contributed by atoms with Crippen molar-refractivity contribution >= 4 is 28.8 Å². The van der Waals surface area contributed by atoms with Crippen LogP contribution in [0.2, 0.25) is 0 Å². The standard InChI is InChI=1S/C16H16N4O8/c1-17-14-10(6-8(18(23)24)7-11(14)19(25)26)13(15(16(17)22)20(27)28)9-4-2-3-5-12(9)21/h6-7,9,13,15H,2-5H2,1H3. The molecule has 0 spiro atoms. The second-order valence-corrected chi connectivity index (χ2v) is 6.89. The van der Waals surface area contributed by atoms with Gasteiger partial charge in [-0.25, -0.2) is 0 Å². The quantitative estimate of drug-likeness (QED) is 0.553. The summed E-state index contributed by atoms with van der Waals surface area (Å²) in [7, 11) is 1.15. The molecule has 1 aromatic carbocycles. The summed E-state index contributed by atoms with van der Waals surface area (Å²) in [6.45, 7) is 0. The second kappa shape index (κ2) is 6.94. The van der Waals surface area contributed by atoms with Gasteiger partial charge in [-0.05, 0) is 12.8 Å². The van der Waals surface area contributed by atoms with Crippen molar-refractivity contribution in [2.75, 3.05) is 11.9 Å². The highest BCUT2D eigenvalue weighted by atomic mass is 16.6. The minimum Gasteiger partial charge on any atom is -0.303 e. The first kappa shape index (κ1) is 19.3. The summed E-state index contributed by atoms with van der Waals surface area (Å²) in [5.41, 5.74) is -1.63. The SMILES string of the molecule is CN1C(=O)C([N+](=O)[O-])C(C2CCCCC2=O)c2cc([N+](=O)[O-])cc([N+](=O)[O-])c21. The van der Waals surface area contributed by atoms with Crippen LogP contribution in [0.4, 0.5) is 17.1 Å². The molecule has 12 nitrogen and oxygen atoms in total. The second-order valence-electron chi connectivity index (χ2n) is 6.89. The highest BCUT2D eigenvalue weighted by Crippen LogP contribution is 2.49. The minimum atomic E-state index is -1.84. The Hall–Kier alpha value is -3.44. The summed E-state index contributed by atoms with van der Waals surface area (Å²) >= 11 is 0. The number of benzene rings is 1. The van der Waals surface area contributed by atoms with Crippen molar-refractivity contribution < 1.29 is 24.4 Å². The molecule has 148 valence electrons. The van der Waals surface area contributed by atoms with Gasteiger partial charge in [0, 0.05) is 35.9 Å². The number of anilines is 1. The zero-order chi connectivity index (χ0) is 20.7. The smallest absolute Gasteiger partial charge is 0.302 e. The first-order valence-electron chi connectivity index (χ1n) is 8.55. The van der Waals surface area contributed by atoms with Crippen molar-refractivity contribution in [3.8, 4) is 0 Å². The van der Waals surface area contributed by atoms with Gasteiger partial charge in [-0.2, -0.15) is 0 Å². The summed E-state index contributed by atoms with van der Waals surface area (Å²) in [4.78, 5) is 57.9. The number of carbonyl (C=O) groups excluding carboxylic acids is 2. The molecule has 1 aliphatic carbocycles. The van der Waals surface area contributed by atoms with Gasteiger partial charge >= 0.3 is 5.91 Å². The Morgan fingerprint density at radius 2 is 1.71 bits per heavy atom. The van der Waals surface area contributed by atoms with E-state index in [-0.39, 0.29) is 29.9 Å².